The molecule has 0 bridgehead atoms. The first-order chi connectivity index (χ1) is 4.25. The topological polar surface area (TPSA) is 43.8 Å². The van der Waals surface area contributed by atoms with Crippen LogP contribution in [0.1, 0.15) is 6.92 Å². The highest BCUT2D eigenvalue weighted by Crippen LogP contribution is 2.12. The first kappa shape index (κ1) is 6.85. The van der Waals surface area contributed by atoms with Crippen LogP contribution in [-0.4, -0.2) is 9.78 Å². The van der Waals surface area contributed by atoms with Gasteiger partial charge in [0, 0.05) is 6.54 Å². The second-order valence-electron chi connectivity index (χ2n) is 1.69. The van der Waals surface area contributed by atoms with Gasteiger partial charge in [-0.3, -0.25) is 0 Å². The Morgan fingerprint density at radius 2 is 2.56 bits per heavy atom. The Morgan fingerprint density at radius 3 is 2.78 bits per heavy atom. The summed E-state index contributed by atoms with van der Waals surface area (Å²) in [4.78, 5) is 0. The maximum Gasteiger partial charge on any atom is 0.135 e. The third-order valence-electron chi connectivity index (χ3n) is 1.13. The van der Waals surface area contributed by atoms with Crippen molar-refractivity contribution in [1.82, 2.24) is 9.78 Å². The number of hydrogen-bond donors (Lipinski definition) is 1. The van der Waals surface area contributed by atoms with E-state index in [0.717, 1.165) is 15.9 Å². The summed E-state index contributed by atoms with van der Waals surface area (Å²) in [5, 5.41) is 4.02. The van der Waals surface area contributed by atoms with E-state index in [9.17, 15) is 0 Å². The van der Waals surface area contributed by atoms with Crippen molar-refractivity contribution in [3.05, 3.63) is 9.77 Å². The van der Waals surface area contributed by atoms with E-state index in [4.69, 9.17) is 5.73 Å². The Morgan fingerprint density at radius 1 is 1.89 bits per heavy atom. The van der Waals surface area contributed by atoms with Crippen LogP contribution in [0.4, 0.5) is 5.82 Å². The quantitative estimate of drug-likeness (QED) is 0.743. The van der Waals surface area contributed by atoms with E-state index in [-0.39, 0.29) is 0 Å². The second-order valence-corrected chi connectivity index (χ2v) is 2.86. The molecule has 4 heteroatoms. The van der Waals surface area contributed by atoms with E-state index < -0.39 is 0 Å². The van der Waals surface area contributed by atoms with Crippen molar-refractivity contribution in [3.8, 4) is 0 Å². The molecule has 0 radical (unpaired) electrons. The number of nitrogens with two attached hydrogens (primary N) is 1. The molecule has 50 valence electrons. The third kappa shape index (κ3) is 1.17. The van der Waals surface area contributed by atoms with E-state index in [1.54, 1.807) is 10.9 Å². The number of nitrogens with zero attached hydrogens (tertiary/aromatic N) is 2. The van der Waals surface area contributed by atoms with Crippen molar-refractivity contribution >= 4 is 28.4 Å². The molecule has 0 spiro atoms. The Bertz CT molecular complexity index is 206. The van der Waals surface area contributed by atoms with Crippen LogP contribution in [0.5, 0.6) is 0 Å². The van der Waals surface area contributed by atoms with Gasteiger partial charge in [-0.25, -0.2) is 4.68 Å². The van der Waals surface area contributed by atoms with Gasteiger partial charge in [-0.2, -0.15) is 5.10 Å². The molecule has 1 aromatic rings. The number of anilines is 1. The summed E-state index contributed by atoms with van der Waals surface area (Å²) in [5.41, 5.74) is 5.61. The van der Waals surface area contributed by atoms with Crippen LogP contribution in [0.2, 0.25) is 0 Å². The maximum atomic E-state index is 5.61. The van der Waals surface area contributed by atoms with Crippen LogP contribution in [0.15, 0.2) is 6.20 Å². The minimum atomic E-state index is 0.762. The summed E-state index contributed by atoms with van der Waals surface area (Å²) in [5.74, 6) is 0.762. The van der Waals surface area contributed by atoms with Gasteiger partial charge in [0.25, 0.3) is 0 Å². The number of halogens is 1. The van der Waals surface area contributed by atoms with Gasteiger partial charge in [0.2, 0.25) is 0 Å². The first-order valence-corrected chi connectivity index (χ1v) is 3.80. The molecular formula is C5H8IN3. The van der Waals surface area contributed by atoms with Crippen LogP contribution in [-0.2, 0) is 6.54 Å². The summed E-state index contributed by atoms with van der Waals surface area (Å²) >= 11 is 2.16. The van der Waals surface area contributed by atoms with Gasteiger partial charge < -0.3 is 5.73 Å². The third-order valence-corrected chi connectivity index (χ3v) is 1.96. The van der Waals surface area contributed by atoms with Crippen molar-refractivity contribution in [3.63, 3.8) is 0 Å². The second kappa shape index (κ2) is 2.55. The van der Waals surface area contributed by atoms with E-state index in [2.05, 4.69) is 27.7 Å². The van der Waals surface area contributed by atoms with E-state index >= 15 is 0 Å². The Kier molecular flexibility index (Phi) is 1.94. The number of aromatic nitrogens is 2. The van der Waals surface area contributed by atoms with Crippen molar-refractivity contribution in [2.24, 2.45) is 0 Å². The van der Waals surface area contributed by atoms with Crippen LogP contribution in [0.25, 0.3) is 0 Å². The molecule has 0 unspecified atom stereocenters. The van der Waals surface area contributed by atoms with Gasteiger partial charge in [-0.15, -0.1) is 0 Å². The molecule has 1 rings (SSSR count). The fraction of sp³-hybridized carbons (Fsp3) is 0.400. The van der Waals surface area contributed by atoms with E-state index in [1.807, 2.05) is 6.92 Å². The summed E-state index contributed by atoms with van der Waals surface area (Å²) in [6.07, 6.45) is 1.76. The number of rotatable bonds is 1. The minimum absolute atomic E-state index is 0.762. The highest BCUT2D eigenvalue weighted by atomic mass is 127. The van der Waals surface area contributed by atoms with Gasteiger partial charge >= 0.3 is 0 Å². The molecule has 0 saturated heterocycles. The standard InChI is InChI=1S/C5H8IN3/c1-2-9-5(7)4(6)3-8-9/h3H,2,7H2,1H3. The molecule has 0 amide bonds. The number of nitrogen functional groups attached to an aromatic ring is 1. The van der Waals surface area contributed by atoms with Crippen molar-refractivity contribution < 1.29 is 0 Å². The molecule has 0 aliphatic rings. The van der Waals surface area contributed by atoms with Gasteiger partial charge in [0.15, 0.2) is 0 Å². The normalized spacial score (nSPS) is 10.0. The molecular weight excluding hydrogens is 229 g/mol. The molecule has 1 aromatic heterocycles. The Labute approximate surface area is 67.4 Å². The predicted octanol–water partition coefficient (Wildman–Crippen LogP) is 1.09. The minimum Gasteiger partial charge on any atom is -0.383 e. The lowest BCUT2D eigenvalue weighted by molar-refractivity contribution is 0.669. The van der Waals surface area contributed by atoms with Crippen LogP contribution >= 0.6 is 22.6 Å². The average molecular weight is 237 g/mol. The van der Waals surface area contributed by atoms with Gasteiger partial charge in [0.1, 0.15) is 5.82 Å². The molecule has 0 saturated carbocycles. The zero-order valence-corrected chi connectivity index (χ0v) is 7.29. The average Bonchev–Trinajstić information content (AvgIpc) is 2.15. The van der Waals surface area contributed by atoms with Gasteiger partial charge in [-0.05, 0) is 29.5 Å². The van der Waals surface area contributed by atoms with E-state index in [1.165, 1.54) is 0 Å². The monoisotopic (exact) mass is 237 g/mol. The van der Waals surface area contributed by atoms with Crippen LogP contribution < -0.4 is 5.73 Å². The Balaban J connectivity index is 3.04. The predicted molar refractivity (Wildman–Crippen MR) is 45.0 cm³/mol. The molecule has 0 atom stereocenters. The molecule has 0 fully saturated rings. The molecule has 2 N–H and O–H groups in total. The zero-order valence-electron chi connectivity index (χ0n) is 5.13. The Hall–Kier alpha value is -0.260. The summed E-state index contributed by atoms with van der Waals surface area (Å²) in [6, 6.07) is 0. The highest BCUT2D eigenvalue weighted by molar-refractivity contribution is 14.1. The van der Waals surface area contributed by atoms with Crippen molar-refractivity contribution in [1.29, 1.82) is 0 Å². The SMILES string of the molecule is CCn1ncc(I)c1N. The highest BCUT2D eigenvalue weighted by Gasteiger charge is 1.99. The summed E-state index contributed by atoms with van der Waals surface area (Å²) < 4.78 is 2.79. The number of aryl methyl sites for hydroxylation is 1. The molecule has 3 nitrogen and oxygen atoms in total. The van der Waals surface area contributed by atoms with Crippen molar-refractivity contribution in [2.45, 2.75) is 13.5 Å². The smallest absolute Gasteiger partial charge is 0.135 e. The number of hydrogen-bond acceptors (Lipinski definition) is 2. The molecule has 1 heterocycles. The maximum absolute atomic E-state index is 5.61. The molecule has 0 aliphatic carbocycles. The van der Waals surface area contributed by atoms with Gasteiger partial charge in [-0.1, -0.05) is 0 Å². The lowest BCUT2D eigenvalue weighted by Crippen LogP contribution is -2.01. The summed E-state index contributed by atoms with van der Waals surface area (Å²) in [7, 11) is 0. The molecule has 9 heavy (non-hydrogen) atoms. The fourth-order valence-electron chi connectivity index (χ4n) is 0.624. The molecule has 0 aliphatic heterocycles. The fourth-order valence-corrected chi connectivity index (χ4v) is 1.03. The van der Waals surface area contributed by atoms with Crippen molar-refractivity contribution in [2.75, 3.05) is 5.73 Å². The zero-order chi connectivity index (χ0) is 6.85. The van der Waals surface area contributed by atoms with Crippen LogP contribution in [0, 0.1) is 3.57 Å². The van der Waals surface area contributed by atoms with Crippen LogP contribution in [0.3, 0.4) is 0 Å². The largest absolute Gasteiger partial charge is 0.383 e. The summed E-state index contributed by atoms with van der Waals surface area (Å²) in [6.45, 7) is 2.86. The lowest BCUT2D eigenvalue weighted by atomic mass is 10.6. The molecule has 0 aromatic carbocycles. The lowest BCUT2D eigenvalue weighted by Gasteiger charge is -1.96. The van der Waals surface area contributed by atoms with E-state index in [0.29, 0.717) is 0 Å². The van der Waals surface area contributed by atoms with Gasteiger partial charge in [0.05, 0.1) is 9.77 Å². The first-order valence-electron chi connectivity index (χ1n) is 2.72.